The minimum absolute atomic E-state index is 0.0979. The van der Waals surface area contributed by atoms with Crippen molar-refractivity contribution in [2.45, 2.75) is 19.5 Å². The minimum Gasteiger partial charge on any atom is -0.365 e. The fourth-order valence-electron chi connectivity index (χ4n) is 2.71. The Morgan fingerprint density at radius 1 is 1.20 bits per heavy atom. The summed E-state index contributed by atoms with van der Waals surface area (Å²) in [4.78, 5) is 13.6. The standard InChI is InChI=1S/C17H15FN6S/c1-11(6-24-10-19-8-22-24)23-16-15-14(7-25-17(15)21-9-20-16)12-2-4-13(18)5-3-12/h2-5,7-11H,6H2,1H3,(H,20,21,23)/t11-/m0/s1. The van der Waals surface area contributed by atoms with E-state index in [2.05, 4.69) is 32.3 Å². The summed E-state index contributed by atoms with van der Waals surface area (Å²) in [6.07, 6.45) is 4.75. The highest BCUT2D eigenvalue weighted by atomic mass is 32.1. The Hall–Kier alpha value is -2.87. The summed E-state index contributed by atoms with van der Waals surface area (Å²) in [7, 11) is 0. The quantitative estimate of drug-likeness (QED) is 0.593. The second kappa shape index (κ2) is 6.56. The zero-order valence-electron chi connectivity index (χ0n) is 13.4. The molecule has 25 heavy (non-hydrogen) atoms. The van der Waals surface area contributed by atoms with Crippen LogP contribution in [-0.2, 0) is 6.54 Å². The van der Waals surface area contributed by atoms with E-state index in [1.165, 1.54) is 18.5 Å². The van der Waals surface area contributed by atoms with Crippen molar-refractivity contribution in [3.63, 3.8) is 0 Å². The third-order valence-corrected chi connectivity index (χ3v) is 4.72. The first-order valence-corrected chi connectivity index (χ1v) is 8.66. The zero-order valence-corrected chi connectivity index (χ0v) is 14.2. The van der Waals surface area contributed by atoms with Gasteiger partial charge < -0.3 is 5.32 Å². The van der Waals surface area contributed by atoms with E-state index < -0.39 is 0 Å². The summed E-state index contributed by atoms with van der Waals surface area (Å²) < 4.78 is 15.0. The number of benzene rings is 1. The molecule has 0 radical (unpaired) electrons. The van der Waals surface area contributed by atoms with Gasteiger partial charge in [-0.15, -0.1) is 11.3 Å². The van der Waals surface area contributed by atoms with Crippen molar-refractivity contribution >= 4 is 27.4 Å². The Labute approximate surface area is 147 Å². The number of aromatic nitrogens is 5. The van der Waals surface area contributed by atoms with Crippen molar-refractivity contribution in [3.05, 3.63) is 54.4 Å². The number of thiophene rings is 1. The summed E-state index contributed by atoms with van der Waals surface area (Å²) in [5.74, 6) is 0.512. The number of nitrogens with zero attached hydrogens (tertiary/aromatic N) is 5. The van der Waals surface area contributed by atoms with Gasteiger partial charge in [0.2, 0.25) is 0 Å². The maximum Gasteiger partial charge on any atom is 0.139 e. The Bertz CT molecular complexity index is 980. The first kappa shape index (κ1) is 15.6. The van der Waals surface area contributed by atoms with Crippen molar-refractivity contribution in [1.82, 2.24) is 24.7 Å². The molecule has 0 unspecified atom stereocenters. The van der Waals surface area contributed by atoms with Crippen LogP contribution in [0.2, 0.25) is 0 Å². The van der Waals surface area contributed by atoms with Crippen LogP contribution in [0.3, 0.4) is 0 Å². The van der Waals surface area contributed by atoms with Gasteiger partial charge in [-0.25, -0.2) is 19.3 Å². The average Bonchev–Trinajstić information content (AvgIpc) is 3.25. The van der Waals surface area contributed by atoms with Crippen LogP contribution in [0, 0.1) is 5.82 Å². The van der Waals surface area contributed by atoms with E-state index in [1.54, 1.807) is 40.8 Å². The van der Waals surface area contributed by atoms with E-state index in [9.17, 15) is 4.39 Å². The zero-order chi connectivity index (χ0) is 17.2. The van der Waals surface area contributed by atoms with Crippen molar-refractivity contribution in [3.8, 4) is 11.1 Å². The van der Waals surface area contributed by atoms with Crippen molar-refractivity contribution < 1.29 is 4.39 Å². The van der Waals surface area contributed by atoms with E-state index in [4.69, 9.17) is 0 Å². The molecule has 0 fully saturated rings. The molecule has 1 N–H and O–H groups in total. The van der Waals surface area contributed by atoms with E-state index in [0.717, 1.165) is 27.2 Å². The first-order chi connectivity index (χ1) is 12.2. The van der Waals surface area contributed by atoms with Gasteiger partial charge in [-0.05, 0) is 24.6 Å². The van der Waals surface area contributed by atoms with E-state index in [0.29, 0.717) is 6.54 Å². The van der Waals surface area contributed by atoms with Crippen LogP contribution in [0.1, 0.15) is 6.92 Å². The van der Waals surface area contributed by atoms with E-state index >= 15 is 0 Å². The smallest absolute Gasteiger partial charge is 0.139 e. The first-order valence-electron chi connectivity index (χ1n) is 7.78. The SMILES string of the molecule is C[C@@H](Cn1cncn1)Nc1ncnc2scc(-c3ccc(F)cc3)c12. The summed E-state index contributed by atoms with van der Waals surface area (Å²) in [5.41, 5.74) is 1.94. The summed E-state index contributed by atoms with van der Waals surface area (Å²) >= 11 is 1.55. The Kier molecular flexibility index (Phi) is 4.10. The van der Waals surface area contributed by atoms with Gasteiger partial charge in [0.05, 0.1) is 11.9 Å². The second-order valence-electron chi connectivity index (χ2n) is 5.72. The summed E-state index contributed by atoms with van der Waals surface area (Å²) in [5, 5.41) is 10.5. The van der Waals surface area contributed by atoms with Crippen molar-refractivity contribution in [2.24, 2.45) is 0 Å². The predicted molar refractivity (Wildman–Crippen MR) is 95.9 cm³/mol. The van der Waals surface area contributed by atoms with E-state index in [-0.39, 0.29) is 11.9 Å². The number of anilines is 1. The number of rotatable bonds is 5. The van der Waals surface area contributed by atoms with Gasteiger partial charge in [-0.1, -0.05) is 12.1 Å². The average molecular weight is 354 g/mol. The lowest BCUT2D eigenvalue weighted by Gasteiger charge is -2.15. The third kappa shape index (κ3) is 3.20. The molecule has 0 aliphatic carbocycles. The molecule has 4 rings (SSSR count). The molecule has 8 heteroatoms. The van der Waals surface area contributed by atoms with Crippen LogP contribution < -0.4 is 5.32 Å². The van der Waals surface area contributed by atoms with Crippen LogP contribution in [-0.4, -0.2) is 30.8 Å². The fourth-order valence-corrected chi connectivity index (χ4v) is 3.63. The molecule has 6 nitrogen and oxygen atoms in total. The van der Waals surface area contributed by atoms with Crippen LogP contribution >= 0.6 is 11.3 Å². The Balaban J connectivity index is 1.69. The van der Waals surface area contributed by atoms with Crippen molar-refractivity contribution in [2.75, 3.05) is 5.32 Å². The second-order valence-corrected chi connectivity index (χ2v) is 6.58. The van der Waals surface area contributed by atoms with Crippen molar-refractivity contribution in [1.29, 1.82) is 0 Å². The highest BCUT2D eigenvalue weighted by Crippen LogP contribution is 2.36. The van der Waals surface area contributed by atoms with E-state index in [1.807, 2.05) is 5.38 Å². The normalized spacial score (nSPS) is 12.4. The van der Waals surface area contributed by atoms with Gasteiger partial charge in [-0.3, -0.25) is 4.68 Å². The topological polar surface area (TPSA) is 68.5 Å². The highest BCUT2D eigenvalue weighted by Gasteiger charge is 2.15. The molecule has 0 saturated carbocycles. The molecule has 0 spiro atoms. The van der Waals surface area contributed by atoms with Gasteiger partial charge in [0, 0.05) is 17.0 Å². The van der Waals surface area contributed by atoms with Crippen LogP contribution in [0.4, 0.5) is 10.2 Å². The van der Waals surface area contributed by atoms with Crippen LogP contribution in [0.25, 0.3) is 21.3 Å². The molecule has 3 aromatic heterocycles. The third-order valence-electron chi connectivity index (χ3n) is 3.84. The molecular weight excluding hydrogens is 339 g/mol. The fraction of sp³-hybridized carbons (Fsp3) is 0.176. The largest absolute Gasteiger partial charge is 0.365 e. The van der Waals surface area contributed by atoms with Gasteiger partial charge in [0.25, 0.3) is 0 Å². The molecule has 0 amide bonds. The van der Waals surface area contributed by atoms with Crippen LogP contribution in [0.15, 0.2) is 48.6 Å². The summed E-state index contributed by atoms with van der Waals surface area (Å²) in [6.45, 7) is 2.72. The molecule has 126 valence electrons. The number of nitrogens with one attached hydrogen (secondary N) is 1. The number of fused-ring (bicyclic) bond motifs is 1. The Morgan fingerprint density at radius 2 is 2.04 bits per heavy atom. The monoisotopic (exact) mass is 354 g/mol. The maximum atomic E-state index is 13.2. The predicted octanol–water partition coefficient (Wildman–Crippen LogP) is 3.59. The number of hydrogen-bond acceptors (Lipinski definition) is 6. The number of halogens is 1. The molecule has 1 aromatic carbocycles. The summed E-state index contributed by atoms with van der Waals surface area (Å²) in [6, 6.07) is 6.56. The molecule has 0 aliphatic heterocycles. The highest BCUT2D eigenvalue weighted by molar-refractivity contribution is 7.17. The molecular formula is C17H15FN6S. The molecule has 4 aromatic rings. The van der Waals surface area contributed by atoms with Gasteiger partial charge in [0.1, 0.15) is 35.4 Å². The lowest BCUT2D eigenvalue weighted by atomic mass is 10.1. The number of hydrogen-bond donors (Lipinski definition) is 1. The lowest BCUT2D eigenvalue weighted by Crippen LogP contribution is -2.23. The van der Waals surface area contributed by atoms with Gasteiger partial charge in [-0.2, -0.15) is 5.10 Å². The Morgan fingerprint density at radius 3 is 2.80 bits per heavy atom. The molecule has 0 aliphatic rings. The lowest BCUT2D eigenvalue weighted by molar-refractivity contribution is 0.558. The maximum absolute atomic E-state index is 13.2. The molecule has 1 atom stereocenters. The van der Waals surface area contributed by atoms with Crippen LogP contribution in [0.5, 0.6) is 0 Å². The molecule has 0 bridgehead atoms. The minimum atomic E-state index is -0.251. The molecule has 0 saturated heterocycles. The van der Waals surface area contributed by atoms with Gasteiger partial charge >= 0.3 is 0 Å². The van der Waals surface area contributed by atoms with Gasteiger partial charge in [0.15, 0.2) is 0 Å². The molecule has 3 heterocycles.